The number of aromatic nitrogens is 1. The number of aliphatic hydroxyl groups excluding tert-OH is 1. The monoisotopic (exact) mass is 214 g/mol. The molecule has 80 valence electrons. The Morgan fingerprint density at radius 1 is 1.43 bits per heavy atom. The molecule has 0 bridgehead atoms. The summed E-state index contributed by atoms with van der Waals surface area (Å²) in [4.78, 5) is 5.62. The molecule has 2 N–H and O–H groups in total. The van der Waals surface area contributed by atoms with Gasteiger partial charge in [0.05, 0.1) is 5.69 Å². The summed E-state index contributed by atoms with van der Waals surface area (Å²) in [6.45, 7) is 9.05. The fraction of sp³-hybridized carbons (Fsp3) is 0.700. The number of hydrogen-bond donors (Lipinski definition) is 2. The number of aliphatic hydroxyl groups is 1. The zero-order valence-corrected chi connectivity index (χ0v) is 10.0. The van der Waals surface area contributed by atoms with Gasteiger partial charge in [-0.15, -0.1) is 11.3 Å². The van der Waals surface area contributed by atoms with Crippen LogP contribution in [0.25, 0.3) is 0 Å². The van der Waals surface area contributed by atoms with Gasteiger partial charge in [-0.05, 0) is 13.8 Å². The summed E-state index contributed by atoms with van der Waals surface area (Å²) in [5, 5.41) is 13.3. The van der Waals surface area contributed by atoms with E-state index in [1.54, 1.807) is 11.3 Å². The van der Waals surface area contributed by atoms with Crippen molar-refractivity contribution >= 4 is 16.5 Å². The zero-order valence-electron chi connectivity index (χ0n) is 9.22. The first-order valence-corrected chi connectivity index (χ1v) is 5.55. The van der Waals surface area contributed by atoms with Gasteiger partial charge in [0, 0.05) is 23.4 Å². The number of hydrogen-bond acceptors (Lipinski definition) is 4. The van der Waals surface area contributed by atoms with Gasteiger partial charge in [-0.2, -0.15) is 0 Å². The highest BCUT2D eigenvalue weighted by molar-refractivity contribution is 7.15. The van der Waals surface area contributed by atoms with Crippen LogP contribution >= 0.6 is 11.3 Å². The van der Waals surface area contributed by atoms with E-state index >= 15 is 0 Å². The van der Waals surface area contributed by atoms with E-state index in [-0.39, 0.29) is 12.0 Å². The molecular weight excluding hydrogens is 196 g/mol. The summed E-state index contributed by atoms with van der Waals surface area (Å²) in [5.41, 5.74) is 0.993. The third-order valence-corrected chi connectivity index (χ3v) is 3.21. The van der Waals surface area contributed by atoms with Crippen LogP contribution in [0.4, 0.5) is 5.13 Å². The largest absolute Gasteiger partial charge is 0.396 e. The van der Waals surface area contributed by atoms with Crippen molar-refractivity contribution in [1.82, 2.24) is 4.98 Å². The van der Waals surface area contributed by atoms with E-state index < -0.39 is 0 Å². The van der Waals surface area contributed by atoms with Crippen LogP contribution in [0.3, 0.4) is 0 Å². The molecule has 0 saturated heterocycles. The minimum atomic E-state index is -0.0898. The molecule has 0 aliphatic carbocycles. The molecule has 0 aromatic carbocycles. The van der Waals surface area contributed by atoms with Crippen molar-refractivity contribution in [3.8, 4) is 0 Å². The third-order valence-electron chi connectivity index (χ3n) is 2.17. The highest BCUT2D eigenvalue weighted by Gasteiger charge is 2.16. The maximum atomic E-state index is 9.07. The molecule has 4 heteroatoms. The van der Waals surface area contributed by atoms with Gasteiger partial charge in [0.1, 0.15) is 0 Å². The Morgan fingerprint density at radius 2 is 2.07 bits per heavy atom. The molecule has 3 nitrogen and oxygen atoms in total. The average molecular weight is 214 g/mol. The molecular formula is C10H18N2OS. The van der Waals surface area contributed by atoms with E-state index in [0.717, 1.165) is 17.4 Å². The summed E-state index contributed by atoms with van der Waals surface area (Å²) < 4.78 is 0. The van der Waals surface area contributed by atoms with Gasteiger partial charge in [0.25, 0.3) is 0 Å². The molecule has 0 radical (unpaired) electrons. The van der Waals surface area contributed by atoms with Gasteiger partial charge < -0.3 is 10.4 Å². The first-order chi connectivity index (χ1) is 6.44. The van der Waals surface area contributed by atoms with Crippen molar-refractivity contribution in [2.75, 3.05) is 18.5 Å². The lowest BCUT2D eigenvalue weighted by Gasteiger charge is -2.21. The highest BCUT2D eigenvalue weighted by Crippen LogP contribution is 2.23. The number of nitrogens with one attached hydrogen (secondary N) is 1. The molecule has 0 saturated carbocycles. The van der Waals surface area contributed by atoms with Crippen molar-refractivity contribution in [2.45, 2.75) is 27.7 Å². The molecule has 1 heterocycles. The minimum absolute atomic E-state index is 0.0898. The lowest BCUT2D eigenvalue weighted by molar-refractivity contribution is 0.171. The number of aryl methyl sites for hydroxylation is 2. The summed E-state index contributed by atoms with van der Waals surface area (Å²) >= 11 is 1.66. The molecule has 0 aliphatic rings. The number of thiazole rings is 1. The van der Waals surface area contributed by atoms with E-state index in [1.165, 1.54) is 4.88 Å². The van der Waals surface area contributed by atoms with E-state index in [4.69, 9.17) is 5.11 Å². The van der Waals surface area contributed by atoms with Crippen LogP contribution in [0.1, 0.15) is 24.4 Å². The Bertz CT molecular complexity index is 288. The second-order valence-corrected chi connectivity index (χ2v) is 5.54. The SMILES string of the molecule is Cc1nc(NCC(C)(C)CO)sc1C. The Balaban J connectivity index is 2.54. The van der Waals surface area contributed by atoms with Gasteiger partial charge in [-0.1, -0.05) is 13.8 Å². The van der Waals surface area contributed by atoms with Crippen LogP contribution < -0.4 is 5.32 Å². The molecule has 0 amide bonds. The smallest absolute Gasteiger partial charge is 0.183 e. The quantitative estimate of drug-likeness (QED) is 0.807. The van der Waals surface area contributed by atoms with Crippen LogP contribution in [0.2, 0.25) is 0 Å². The van der Waals surface area contributed by atoms with Crippen molar-refractivity contribution in [2.24, 2.45) is 5.41 Å². The lowest BCUT2D eigenvalue weighted by Crippen LogP contribution is -2.26. The summed E-state index contributed by atoms with van der Waals surface area (Å²) in [7, 11) is 0. The van der Waals surface area contributed by atoms with Gasteiger partial charge in [-0.3, -0.25) is 0 Å². The maximum Gasteiger partial charge on any atom is 0.183 e. The Labute approximate surface area is 89.2 Å². The molecule has 0 atom stereocenters. The Kier molecular flexibility index (Phi) is 3.50. The van der Waals surface area contributed by atoms with Crippen molar-refractivity contribution in [3.05, 3.63) is 10.6 Å². The second kappa shape index (κ2) is 4.28. The molecule has 1 aromatic heterocycles. The van der Waals surface area contributed by atoms with Gasteiger partial charge in [0.15, 0.2) is 5.13 Å². The molecule has 0 unspecified atom stereocenters. The normalized spacial score (nSPS) is 11.8. The summed E-state index contributed by atoms with van der Waals surface area (Å²) in [6, 6.07) is 0. The number of rotatable bonds is 4. The molecule has 0 fully saturated rings. The van der Waals surface area contributed by atoms with Crippen molar-refractivity contribution in [3.63, 3.8) is 0 Å². The van der Waals surface area contributed by atoms with Gasteiger partial charge >= 0.3 is 0 Å². The lowest BCUT2D eigenvalue weighted by atomic mass is 9.95. The minimum Gasteiger partial charge on any atom is -0.396 e. The summed E-state index contributed by atoms with van der Waals surface area (Å²) in [6.07, 6.45) is 0. The van der Waals surface area contributed by atoms with Crippen molar-refractivity contribution < 1.29 is 5.11 Å². The highest BCUT2D eigenvalue weighted by atomic mass is 32.1. The van der Waals surface area contributed by atoms with Gasteiger partial charge in [-0.25, -0.2) is 4.98 Å². The standard InChI is InChI=1S/C10H18N2OS/c1-7-8(2)14-9(12-7)11-5-10(3,4)6-13/h13H,5-6H2,1-4H3,(H,11,12). The Morgan fingerprint density at radius 3 is 2.50 bits per heavy atom. The molecule has 14 heavy (non-hydrogen) atoms. The van der Waals surface area contributed by atoms with Crippen LogP contribution in [0, 0.1) is 19.3 Å². The maximum absolute atomic E-state index is 9.07. The summed E-state index contributed by atoms with van der Waals surface area (Å²) in [5.74, 6) is 0. The van der Waals surface area contributed by atoms with Crippen LogP contribution in [-0.4, -0.2) is 23.2 Å². The van der Waals surface area contributed by atoms with E-state index in [0.29, 0.717) is 0 Å². The van der Waals surface area contributed by atoms with E-state index in [9.17, 15) is 0 Å². The van der Waals surface area contributed by atoms with Crippen molar-refractivity contribution in [1.29, 1.82) is 0 Å². The predicted octanol–water partition coefficient (Wildman–Crippen LogP) is 2.19. The fourth-order valence-corrected chi connectivity index (χ4v) is 1.73. The fourth-order valence-electron chi connectivity index (χ4n) is 0.919. The van der Waals surface area contributed by atoms with E-state index in [2.05, 4.69) is 17.2 Å². The number of anilines is 1. The topological polar surface area (TPSA) is 45.2 Å². The van der Waals surface area contributed by atoms with Crippen LogP contribution in [-0.2, 0) is 0 Å². The van der Waals surface area contributed by atoms with Gasteiger partial charge in [0.2, 0.25) is 0 Å². The first kappa shape index (κ1) is 11.5. The predicted molar refractivity (Wildman–Crippen MR) is 60.9 cm³/mol. The molecule has 1 aromatic rings. The van der Waals surface area contributed by atoms with E-state index in [1.807, 2.05) is 20.8 Å². The molecule has 1 rings (SSSR count). The second-order valence-electron chi connectivity index (χ2n) is 4.34. The molecule has 0 aliphatic heterocycles. The van der Waals surface area contributed by atoms with Crippen LogP contribution in [0.5, 0.6) is 0 Å². The molecule has 0 spiro atoms. The zero-order chi connectivity index (χ0) is 10.8. The Hall–Kier alpha value is -0.610. The van der Waals surface area contributed by atoms with Crippen LogP contribution in [0.15, 0.2) is 0 Å². The third kappa shape index (κ3) is 2.96. The average Bonchev–Trinajstić information content (AvgIpc) is 2.44. The number of nitrogens with zero attached hydrogens (tertiary/aromatic N) is 1. The first-order valence-electron chi connectivity index (χ1n) is 4.73.